The highest BCUT2D eigenvalue weighted by Crippen LogP contribution is 2.14. The van der Waals surface area contributed by atoms with Gasteiger partial charge in [0.2, 0.25) is 0 Å². The molecule has 0 spiro atoms. The summed E-state index contributed by atoms with van der Waals surface area (Å²) in [6.07, 6.45) is -0.494. The van der Waals surface area contributed by atoms with E-state index >= 15 is 0 Å². The van der Waals surface area contributed by atoms with E-state index in [0.717, 1.165) is 19.6 Å². The number of carbonyl (C=O) groups excluding carboxylic acids is 2. The lowest BCUT2D eigenvalue weighted by Crippen LogP contribution is -2.48. The van der Waals surface area contributed by atoms with Crippen LogP contribution >= 0.6 is 0 Å². The van der Waals surface area contributed by atoms with Gasteiger partial charge in [0, 0.05) is 44.0 Å². The molecule has 1 aliphatic rings. The van der Waals surface area contributed by atoms with Crippen LogP contribution in [0.5, 0.6) is 0 Å². The normalized spacial score (nSPS) is 14.6. The molecule has 1 fully saturated rings. The molecule has 2 aromatic carbocycles. The Morgan fingerprint density at radius 3 is 2.26 bits per heavy atom. The largest absolute Gasteiger partial charge is 0.450 e. The van der Waals surface area contributed by atoms with Crippen LogP contribution in [0.3, 0.4) is 0 Å². The molecule has 2 aromatic rings. The van der Waals surface area contributed by atoms with E-state index < -0.39 is 6.09 Å². The van der Waals surface area contributed by atoms with Crippen molar-refractivity contribution >= 4 is 17.7 Å². The van der Waals surface area contributed by atoms with Gasteiger partial charge in [-0.05, 0) is 36.8 Å². The van der Waals surface area contributed by atoms with Crippen LogP contribution in [0.2, 0.25) is 0 Å². The van der Waals surface area contributed by atoms with Crippen molar-refractivity contribution in [3.05, 3.63) is 65.7 Å². The van der Waals surface area contributed by atoms with Crippen molar-refractivity contribution in [2.45, 2.75) is 13.5 Å². The summed E-state index contributed by atoms with van der Waals surface area (Å²) in [7, 11) is 0. The minimum atomic E-state index is -0.494. The summed E-state index contributed by atoms with van der Waals surface area (Å²) in [5.41, 5.74) is 2.53. The molecule has 1 aliphatic heterocycles. The maximum Gasteiger partial charge on any atom is 0.411 e. The third kappa shape index (κ3) is 5.31. The first-order valence-corrected chi connectivity index (χ1v) is 9.25. The van der Waals surface area contributed by atoms with Gasteiger partial charge < -0.3 is 9.64 Å². The predicted octanol–water partition coefficient (Wildman–Crippen LogP) is 3.21. The van der Waals surface area contributed by atoms with Crippen LogP contribution in [0.25, 0.3) is 0 Å². The standard InChI is InChI=1S/C21H25N3O3/c1-2-27-21(26)22-19-10-8-18(9-11-19)20(25)24-14-12-23(13-15-24)16-17-6-4-3-5-7-17/h3-11H,2,12-16H2,1H3,(H,22,26). The lowest BCUT2D eigenvalue weighted by Gasteiger charge is -2.34. The molecule has 0 aromatic heterocycles. The lowest BCUT2D eigenvalue weighted by atomic mass is 10.1. The first-order valence-electron chi connectivity index (χ1n) is 9.25. The molecule has 142 valence electrons. The van der Waals surface area contributed by atoms with Crippen molar-refractivity contribution < 1.29 is 14.3 Å². The van der Waals surface area contributed by atoms with Crippen LogP contribution in [-0.2, 0) is 11.3 Å². The molecule has 0 bridgehead atoms. The minimum absolute atomic E-state index is 0.0250. The van der Waals surface area contributed by atoms with Crippen LogP contribution in [0.1, 0.15) is 22.8 Å². The van der Waals surface area contributed by atoms with Crippen molar-refractivity contribution in [2.24, 2.45) is 0 Å². The van der Waals surface area contributed by atoms with Crippen molar-refractivity contribution in [1.82, 2.24) is 9.80 Å². The summed E-state index contributed by atoms with van der Waals surface area (Å²) in [5, 5.41) is 2.62. The van der Waals surface area contributed by atoms with E-state index in [1.165, 1.54) is 5.56 Å². The predicted molar refractivity (Wildman–Crippen MR) is 105 cm³/mol. The Balaban J connectivity index is 1.51. The number of nitrogens with one attached hydrogen (secondary N) is 1. The number of amides is 2. The van der Waals surface area contributed by atoms with E-state index in [9.17, 15) is 9.59 Å². The summed E-state index contributed by atoms with van der Waals surface area (Å²) >= 11 is 0. The molecule has 3 rings (SSSR count). The first-order chi connectivity index (χ1) is 13.2. The van der Waals surface area contributed by atoms with Gasteiger partial charge in [0.1, 0.15) is 0 Å². The Bertz CT molecular complexity index is 754. The molecule has 1 heterocycles. The molecule has 1 saturated heterocycles. The average molecular weight is 367 g/mol. The zero-order valence-electron chi connectivity index (χ0n) is 15.6. The quantitative estimate of drug-likeness (QED) is 0.881. The zero-order chi connectivity index (χ0) is 19.1. The van der Waals surface area contributed by atoms with Gasteiger partial charge in [-0.2, -0.15) is 0 Å². The number of ether oxygens (including phenoxy) is 1. The average Bonchev–Trinajstić information content (AvgIpc) is 2.70. The molecule has 6 nitrogen and oxygen atoms in total. The van der Waals surface area contributed by atoms with Crippen molar-refractivity contribution in [2.75, 3.05) is 38.1 Å². The minimum Gasteiger partial charge on any atom is -0.450 e. The van der Waals surface area contributed by atoms with E-state index in [0.29, 0.717) is 30.9 Å². The molecule has 1 N–H and O–H groups in total. The lowest BCUT2D eigenvalue weighted by molar-refractivity contribution is 0.0628. The van der Waals surface area contributed by atoms with Gasteiger partial charge in [-0.25, -0.2) is 4.79 Å². The smallest absolute Gasteiger partial charge is 0.411 e. The molecule has 0 unspecified atom stereocenters. The van der Waals surface area contributed by atoms with Crippen molar-refractivity contribution in [3.63, 3.8) is 0 Å². The number of piperazine rings is 1. The fraction of sp³-hybridized carbons (Fsp3) is 0.333. The maximum absolute atomic E-state index is 12.7. The number of carbonyl (C=O) groups is 2. The molecule has 0 radical (unpaired) electrons. The second-order valence-corrected chi connectivity index (χ2v) is 6.48. The summed E-state index contributed by atoms with van der Waals surface area (Å²) in [6.45, 7) is 6.14. The number of rotatable bonds is 5. The monoisotopic (exact) mass is 367 g/mol. The van der Waals surface area contributed by atoms with Gasteiger partial charge in [-0.15, -0.1) is 0 Å². The van der Waals surface area contributed by atoms with Crippen LogP contribution in [0.4, 0.5) is 10.5 Å². The van der Waals surface area contributed by atoms with E-state index in [-0.39, 0.29) is 5.91 Å². The second kappa shape index (κ2) is 9.19. The van der Waals surface area contributed by atoms with Crippen molar-refractivity contribution in [1.29, 1.82) is 0 Å². The summed E-state index contributed by atoms with van der Waals surface area (Å²) in [4.78, 5) is 28.4. The number of anilines is 1. The third-order valence-corrected chi connectivity index (χ3v) is 4.56. The van der Waals surface area contributed by atoms with Crippen molar-refractivity contribution in [3.8, 4) is 0 Å². The topological polar surface area (TPSA) is 61.9 Å². The SMILES string of the molecule is CCOC(=O)Nc1ccc(C(=O)N2CCN(Cc3ccccc3)CC2)cc1. The van der Waals surface area contributed by atoms with Gasteiger partial charge in [0.25, 0.3) is 5.91 Å². The van der Waals surface area contributed by atoms with Gasteiger partial charge in [-0.1, -0.05) is 30.3 Å². The molecule has 2 amide bonds. The van der Waals surface area contributed by atoms with Gasteiger partial charge in [0.05, 0.1) is 6.61 Å². The Hall–Kier alpha value is -2.86. The fourth-order valence-corrected chi connectivity index (χ4v) is 3.11. The molecule has 27 heavy (non-hydrogen) atoms. The van der Waals surface area contributed by atoms with Crippen LogP contribution in [0.15, 0.2) is 54.6 Å². The van der Waals surface area contributed by atoms with Gasteiger partial charge in [-0.3, -0.25) is 15.0 Å². The van der Waals surface area contributed by atoms with E-state index in [2.05, 4.69) is 34.5 Å². The van der Waals surface area contributed by atoms with Crippen LogP contribution < -0.4 is 5.32 Å². The zero-order valence-corrected chi connectivity index (χ0v) is 15.6. The molecular formula is C21H25N3O3. The maximum atomic E-state index is 12.7. The fourth-order valence-electron chi connectivity index (χ4n) is 3.11. The molecule has 0 saturated carbocycles. The molecule has 6 heteroatoms. The summed E-state index contributed by atoms with van der Waals surface area (Å²) < 4.78 is 4.84. The van der Waals surface area contributed by atoms with E-state index in [4.69, 9.17) is 4.74 Å². The Morgan fingerprint density at radius 1 is 0.963 bits per heavy atom. The van der Waals surface area contributed by atoms with E-state index in [1.807, 2.05) is 11.0 Å². The van der Waals surface area contributed by atoms with Crippen LogP contribution in [0, 0.1) is 0 Å². The highest BCUT2D eigenvalue weighted by molar-refractivity contribution is 5.95. The number of benzene rings is 2. The molecular weight excluding hydrogens is 342 g/mol. The summed E-state index contributed by atoms with van der Waals surface area (Å²) in [5.74, 6) is 0.0250. The van der Waals surface area contributed by atoms with Gasteiger partial charge >= 0.3 is 6.09 Å². The number of hydrogen-bond acceptors (Lipinski definition) is 4. The highest BCUT2D eigenvalue weighted by Gasteiger charge is 2.22. The third-order valence-electron chi connectivity index (χ3n) is 4.56. The Kier molecular flexibility index (Phi) is 6.44. The Labute approximate surface area is 159 Å². The summed E-state index contributed by atoms with van der Waals surface area (Å²) in [6, 6.07) is 17.3. The second-order valence-electron chi connectivity index (χ2n) is 6.48. The van der Waals surface area contributed by atoms with Gasteiger partial charge in [0.15, 0.2) is 0 Å². The molecule has 0 aliphatic carbocycles. The van der Waals surface area contributed by atoms with Crippen LogP contribution in [-0.4, -0.2) is 54.6 Å². The number of hydrogen-bond donors (Lipinski definition) is 1. The number of nitrogens with zero attached hydrogens (tertiary/aromatic N) is 2. The Morgan fingerprint density at radius 2 is 1.63 bits per heavy atom. The first kappa shape index (κ1) is 18.9. The highest BCUT2D eigenvalue weighted by atomic mass is 16.5. The van der Waals surface area contributed by atoms with E-state index in [1.54, 1.807) is 31.2 Å². The molecule has 0 atom stereocenters.